The van der Waals surface area contributed by atoms with Gasteiger partial charge in [-0.25, -0.2) is 0 Å². The summed E-state index contributed by atoms with van der Waals surface area (Å²) in [6.45, 7) is 4.24. The third-order valence-corrected chi connectivity index (χ3v) is 5.89. The molecule has 1 N–H and O–H groups in total. The molecule has 0 radical (unpaired) electrons. The van der Waals surface area contributed by atoms with Crippen LogP contribution in [0, 0.1) is 13.8 Å². The van der Waals surface area contributed by atoms with Crippen LogP contribution in [0.4, 0.5) is 10.5 Å². The normalized spacial score (nSPS) is 15.8. The Morgan fingerprint density at radius 1 is 1.08 bits per heavy atom. The fourth-order valence-corrected chi connectivity index (χ4v) is 3.76. The fourth-order valence-electron chi connectivity index (χ4n) is 2.51. The fraction of sp³-hybridized carbons (Fsp3) is 0.200. The summed E-state index contributed by atoms with van der Waals surface area (Å²) in [6, 6.07) is 13.9. The minimum atomic E-state index is -0.259. The summed E-state index contributed by atoms with van der Waals surface area (Å²) in [7, 11) is 0. The van der Waals surface area contributed by atoms with E-state index in [-0.39, 0.29) is 17.8 Å². The van der Waals surface area contributed by atoms with Gasteiger partial charge in [-0.3, -0.25) is 14.5 Å². The molecule has 1 heterocycles. The van der Waals surface area contributed by atoms with Gasteiger partial charge in [-0.1, -0.05) is 18.2 Å². The standard InChI is InChI=1S/C20H20N2O2S2/c1-13-4-7-16(10-14(13)2)21-12-22-19(23)18(26-20(22)24)11-15-5-8-17(25-3)9-6-15/h4-11,21H,12H2,1-3H3/b18-11+. The first-order valence-electron chi connectivity index (χ1n) is 8.18. The van der Waals surface area contributed by atoms with E-state index in [2.05, 4.69) is 5.32 Å². The Morgan fingerprint density at radius 2 is 1.81 bits per heavy atom. The molecular weight excluding hydrogens is 364 g/mol. The second kappa shape index (κ2) is 8.01. The number of carbonyl (C=O) groups excluding carboxylic acids is 2. The minimum absolute atomic E-state index is 0.163. The summed E-state index contributed by atoms with van der Waals surface area (Å²) < 4.78 is 0. The van der Waals surface area contributed by atoms with Crippen molar-refractivity contribution in [2.45, 2.75) is 18.7 Å². The van der Waals surface area contributed by atoms with E-state index in [0.29, 0.717) is 4.91 Å². The first kappa shape index (κ1) is 18.6. The van der Waals surface area contributed by atoms with Crippen LogP contribution in [0.3, 0.4) is 0 Å². The van der Waals surface area contributed by atoms with Gasteiger partial charge < -0.3 is 5.32 Å². The molecule has 0 aromatic heterocycles. The summed E-state index contributed by atoms with van der Waals surface area (Å²) in [5.41, 5.74) is 4.18. The van der Waals surface area contributed by atoms with Crippen molar-refractivity contribution in [3.8, 4) is 0 Å². The van der Waals surface area contributed by atoms with Crippen molar-refractivity contribution in [2.24, 2.45) is 0 Å². The Hall–Kier alpha value is -2.18. The number of imide groups is 1. The number of rotatable bonds is 5. The molecule has 0 saturated carbocycles. The molecule has 4 nitrogen and oxygen atoms in total. The molecular formula is C20H20N2O2S2. The topological polar surface area (TPSA) is 49.4 Å². The first-order valence-corrected chi connectivity index (χ1v) is 10.2. The predicted molar refractivity (Wildman–Crippen MR) is 110 cm³/mol. The molecule has 1 fully saturated rings. The van der Waals surface area contributed by atoms with Gasteiger partial charge in [0, 0.05) is 10.6 Å². The smallest absolute Gasteiger partial charge is 0.295 e. The molecule has 0 unspecified atom stereocenters. The third-order valence-electron chi connectivity index (χ3n) is 4.24. The maximum absolute atomic E-state index is 12.6. The lowest BCUT2D eigenvalue weighted by Crippen LogP contribution is -2.33. The minimum Gasteiger partial charge on any atom is -0.367 e. The van der Waals surface area contributed by atoms with E-state index in [1.54, 1.807) is 17.8 Å². The average molecular weight is 385 g/mol. The summed E-state index contributed by atoms with van der Waals surface area (Å²) >= 11 is 2.65. The van der Waals surface area contributed by atoms with E-state index < -0.39 is 0 Å². The molecule has 1 aliphatic rings. The number of anilines is 1. The number of thioether (sulfide) groups is 2. The van der Waals surface area contributed by atoms with Crippen molar-refractivity contribution in [1.29, 1.82) is 0 Å². The van der Waals surface area contributed by atoms with E-state index in [9.17, 15) is 9.59 Å². The first-order chi connectivity index (χ1) is 12.5. The van der Waals surface area contributed by atoms with E-state index in [1.807, 2.05) is 62.6 Å². The van der Waals surface area contributed by atoms with Crippen molar-refractivity contribution < 1.29 is 9.59 Å². The maximum Gasteiger partial charge on any atom is 0.295 e. The van der Waals surface area contributed by atoms with Gasteiger partial charge in [-0.2, -0.15) is 0 Å². The molecule has 134 valence electrons. The summed E-state index contributed by atoms with van der Waals surface area (Å²) in [6.07, 6.45) is 3.79. The number of benzene rings is 2. The summed E-state index contributed by atoms with van der Waals surface area (Å²) in [5.74, 6) is -0.259. The number of nitrogens with one attached hydrogen (secondary N) is 1. The van der Waals surface area contributed by atoms with E-state index in [4.69, 9.17) is 0 Å². The molecule has 6 heteroatoms. The van der Waals surface area contributed by atoms with Crippen LogP contribution in [0.1, 0.15) is 16.7 Å². The van der Waals surface area contributed by atoms with Crippen molar-refractivity contribution >= 4 is 46.4 Å². The van der Waals surface area contributed by atoms with Crippen molar-refractivity contribution in [1.82, 2.24) is 4.90 Å². The third kappa shape index (κ3) is 4.14. The van der Waals surface area contributed by atoms with Crippen LogP contribution in [-0.4, -0.2) is 29.0 Å². The van der Waals surface area contributed by atoms with Crippen LogP contribution in [0.5, 0.6) is 0 Å². The lowest BCUT2D eigenvalue weighted by atomic mass is 10.1. The number of nitrogens with zero attached hydrogens (tertiary/aromatic N) is 1. The molecule has 2 aromatic rings. The van der Waals surface area contributed by atoms with E-state index >= 15 is 0 Å². The molecule has 0 atom stereocenters. The highest BCUT2D eigenvalue weighted by molar-refractivity contribution is 8.18. The van der Waals surface area contributed by atoms with Crippen molar-refractivity contribution in [3.63, 3.8) is 0 Å². The molecule has 1 saturated heterocycles. The number of amides is 2. The van der Waals surface area contributed by atoms with Crippen LogP contribution in [0.25, 0.3) is 6.08 Å². The molecule has 3 rings (SSSR count). The highest BCUT2D eigenvalue weighted by atomic mass is 32.2. The van der Waals surface area contributed by atoms with Crippen LogP contribution >= 0.6 is 23.5 Å². The van der Waals surface area contributed by atoms with Gasteiger partial charge in [0.2, 0.25) is 0 Å². The van der Waals surface area contributed by atoms with Crippen LogP contribution < -0.4 is 5.32 Å². The SMILES string of the molecule is CSc1ccc(/C=C2/SC(=O)N(CNc3ccc(C)c(C)c3)C2=O)cc1. The molecule has 0 bridgehead atoms. The number of hydrogen-bond donors (Lipinski definition) is 1. The van der Waals surface area contributed by atoms with Crippen LogP contribution in [0.2, 0.25) is 0 Å². The highest BCUT2D eigenvalue weighted by Gasteiger charge is 2.34. The summed E-state index contributed by atoms with van der Waals surface area (Å²) in [4.78, 5) is 27.6. The molecule has 0 spiro atoms. The zero-order chi connectivity index (χ0) is 18.7. The molecule has 26 heavy (non-hydrogen) atoms. The van der Waals surface area contributed by atoms with Crippen molar-refractivity contribution in [3.05, 3.63) is 64.1 Å². The zero-order valence-electron chi connectivity index (χ0n) is 14.9. The van der Waals surface area contributed by atoms with Crippen molar-refractivity contribution in [2.75, 3.05) is 18.2 Å². The van der Waals surface area contributed by atoms with E-state index in [1.165, 1.54) is 10.5 Å². The average Bonchev–Trinajstić information content (AvgIpc) is 2.90. The lowest BCUT2D eigenvalue weighted by Gasteiger charge is -2.15. The second-order valence-electron chi connectivity index (χ2n) is 6.02. The van der Waals surface area contributed by atoms with Crippen LogP contribution in [0.15, 0.2) is 52.3 Å². The highest BCUT2D eigenvalue weighted by Crippen LogP contribution is 2.32. The largest absolute Gasteiger partial charge is 0.367 e. The summed E-state index contributed by atoms with van der Waals surface area (Å²) in [5, 5.41) is 2.90. The lowest BCUT2D eigenvalue weighted by molar-refractivity contribution is -0.122. The number of aryl methyl sites for hydroxylation is 2. The zero-order valence-corrected chi connectivity index (χ0v) is 16.5. The van der Waals surface area contributed by atoms with E-state index in [0.717, 1.165) is 33.5 Å². The Bertz CT molecular complexity index is 876. The Balaban J connectivity index is 1.69. The Morgan fingerprint density at radius 3 is 2.46 bits per heavy atom. The van der Waals surface area contributed by atoms with Gasteiger partial charge in [0.05, 0.1) is 11.6 Å². The van der Waals surface area contributed by atoms with Gasteiger partial charge in [-0.05, 0) is 78.9 Å². The van der Waals surface area contributed by atoms with Gasteiger partial charge in [0.15, 0.2) is 0 Å². The second-order valence-corrected chi connectivity index (χ2v) is 7.89. The monoisotopic (exact) mass is 384 g/mol. The Labute approximate surface area is 162 Å². The van der Waals surface area contributed by atoms with Gasteiger partial charge in [0.25, 0.3) is 11.1 Å². The molecule has 2 amide bonds. The molecule has 2 aromatic carbocycles. The molecule has 1 aliphatic heterocycles. The van der Waals surface area contributed by atoms with Crippen LogP contribution in [-0.2, 0) is 4.79 Å². The number of hydrogen-bond acceptors (Lipinski definition) is 5. The van der Waals surface area contributed by atoms with Gasteiger partial charge >= 0.3 is 0 Å². The quantitative estimate of drug-likeness (QED) is 0.572. The number of carbonyl (C=O) groups is 2. The van der Waals surface area contributed by atoms with Gasteiger partial charge in [0.1, 0.15) is 0 Å². The Kier molecular flexibility index (Phi) is 5.74. The maximum atomic E-state index is 12.6. The molecule has 0 aliphatic carbocycles. The van der Waals surface area contributed by atoms with Gasteiger partial charge in [-0.15, -0.1) is 11.8 Å². The predicted octanol–water partition coefficient (Wildman–Crippen LogP) is 5.13.